The largest absolute Gasteiger partial charge is 0.0991 e. The van der Waals surface area contributed by atoms with Gasteiger partial charge in [-0.2, -0.15) is 0 Å². The van der Waals surface area contributed by atoms with Gasteiger partial charge in [0.05, 0.1) is 0 Å². The monoisotopic (exact) mass is 218 g/mol. The lowest BCUT2D eigenvalue weighted by Crippen LogP contribution is -1.87. The van der Waals surface area contributed by atoms with E-state index in [0.29, 0.717) is 0 Å². The zero-order valence-corrected chi connectivity index (χ0v) is 11.3. The Morgan fingerprint density at radius 2 is 1.62 bits per heavy atom. The Balaban J connectivity index is 4.10. The summed E-state index contributed by atoms with van der Waals surface area (Å²) in [5, 5.41) is 0. The van der Waals surface area contributed by atoms with E-state index in [9.17, 15) is 0 Å². The molecule has 0 aromatic rings. The lowest BCUT2D eigenvalue weighted by atomic mass is 10.00. The molecular weight excluding hydrogens is 192 g/mol. The molecule has 0 N–H and O–H groups in total. The van der Waals surface area contributed by atoms with Crippen LogP contribution in [0.2, 0.25) is 0 Å². The van der Waals surface area contributed by atoms with Crippen molar-refractivity contribution in [2.24, 2.45) is 0 Å². The van der Waals surface area contributed by atoms with Gasteiger partial charge in [0.15, 0.2) is 0 Å². The highest BCUT2D eigenvalue weighted by atomic mass is 14.0. The molecule has 0 aromatic carbocycles. The predicted octanol–water partition coefficient (Wildman–Crippen LogP) is 5.59. The third kappa shape index (κ3) is 7.28. The van der Waals surface area contributed by atoms with Crippen LogP contribution >= 0.6 is 0 Å². The highest BCUT2D eigenvalue weighted by molar-refractivity contribution is 5.14. The van der Waals surface area contributed by atoms with Gasteiger partial charge in [-0.1, -0.05) is 47.6 Å². The second-order valence-corrected chi connectivity index (χ2v) is 4.42. The fraction of sp³-hybridized carbons (Fsp3) is 0.500. The van der Waals surface area contributed by atoms with Crippen LogP contribution in [0.3, 0.4) is 0 Å². The molecule has 0 saturated heterocycles. The number of rotatable bonds is 7. The molecule has 16 heavy (non-hydrogen) atoms. The smallest absolute Gasteiger partial charge is 0.0283 e. The van der Waals surface area contributed by atoms with Crippen LogP contribution in [0.4, 0.5) is 0 Å². The van der Waals surface area contributed by atoms with Crippen LogP contribution in [0.1, 0.15) is 53.4 Å². The maximum atomic E-state index is 3.72. The van der Waals surface area contributed by atoms with Crippen molar-refractivity contribution >= 4 is 0 Å². The molecule has 0 rings (SSSR count). The Morgan fingerprint density at radius 1 is 1.00 bits per heavy atom. The van der Waals surface area contributed by atoms with Crippen LogP contribution in [0, 0.1) is 0 Å². The maximum Gasteiger partial charge on any atom is -0.0283 e. The van der Waals surface area contributed by atoms with Gasteiger partial charge in [-0.3, -0.25) is 0 Å². The molecule has 0 saturated carbocycles. The van der Waals surface area contributed by atoms with Crippen LogP contribution in [0.25, 0.3) is 0 Å². The van der Waals surface area contributed by atoms with Gasteiger partial charge in [0.25, 0.3) is 0 Å². The van der Waals surface area contributed by atoms with Crippen molar-refractivity contribution in [2.45, 2.75) is 53.4 Å². The molecule has 0 aromatic heterocycles. The molecule has 0 bridgehead atoms. The Morgan fingerprint density at radius 3 is 2.19 bits per heavy atom. The Bertz CT molecular complexity index is 287. The third-order valence-electron chi connectivity index (χ3n) is 2.95. The Hall–Kier alpha value is -1.04. The molecular formula is C16H26. The van der Waals surface area contributed by atoms with Gasteiger partial charge in [-0.25, -0.2) is 0 Å². The van der Waals surface area contributed by atoms with Crippen molar-refractivity contribution in [1.29, 1.82) is 0 Å². The van der Waals surface area contributed by atoms with Crippen molar-refractivity contribution in [3.05, 3.63) is 47.6 Å². The summed E-state index contributed by atoms with van der Waals surface area (Å²) in [5.41, 5.74) is 4.50. The number of hydrogen-bond donors (Lipinski definition) is 0. The quantitative estimate of drug-likeness (QED) is 0.386. The summed E-state index contributed by atoms with van der Waals surface area (Å²) >= 11 is 0. The summed E-state index contributed by atoms with van der Waals surface area (Å²) in [6, 6.07) is 0. The average molecular weight is 218 g/mol. The first kappa shape index (κ1) is 15.0. The summed E-state index contributed by atoms with van der Waals surface area (Å²) in [6.45, 7) is 12.5. The van der Waals surface area contributed by atoms with Crippen LogP contribution < -0.4 is 0 Å². The molecule has 0 aliphatic carbocycles. The second kappa shape index (κ2) is 9.21. The molecule has 0 heteroatoms. The summed E-state index contributed by atoms with van der Waals surface area (Å²) in [4.78, 5) is 0. The molecule has 0 unspecified atom stereocenters. The lowest BCUT2D eigenvalue weighted by molar-refractivity contribution is 0.870. The van der Waals surface area contributed by atoms with Gasteiger partial charge in [0, 0.05) is 0 Å². The van der Waals surface area contributed by atoms with Crippen LogP contribution in [0.5, 0.6) is 0 Å². The lowest BCUT2D eigenvalue weighted by Gasteiger charge is -2.07. The highest BCUT2D eigenvalue weighted by Gasteiger charge is 1.97. The van der Waals surface area contributed by atoms with Crippen LogP contribution in [-0.4, -0.2) is 0 Å². The summed E-state index contributed by atoms with van der Waals surface area (Å²) < 4.78 is 0. The molecule has 0 radical (unpaired) electrons. The topological polar surface area (TPSA) is 0 Å². The van der Waals surface area contributed by atoms with Gasteiger partial charge < -0.3 is 0 Å². The first-order chi connectivity index (χ1) is 7.61. The third-order valence-corrected chi connectivity index (χ3v) is 2.95. The van der Waals surface area contributed by atoms with E-state index in [1.807, 2.05) is 6.08 Å². The van der Waals surface area contributed by atoms with Crippen molar-refractivity contribution in [2.75, 3.05) is 0 Å². The van der Waals surface area contributed by atoms with E-state index in [0.717, 1.165) is 6.42 Å². The number of allylic oxidation sites excluding steroid dienone is 7. The van der Waals surface area contributed by atoms with E-state index in [4.69, 9.17) is 0 Å². The van der Waals surface area contributed by atoms with Gasteiger partial charge in [0.2, 0.25) is 0 Å². The normalized spacial score (nSPS) is 14.1. The SMILES string of the molecule is C=C/C=C(\C)CC/C(C)=C(\C)CC/C=C/C. The second-order valence-electron chi connectivity index (χ2n) is 4.42. The minimum Gasteiger partial charge on any atom is -0.0991 e. The molecule has 0 heterocycles. The van der Waals surface area contributed by atoms with E-state index < -0.39 is 0 Å². The van der Waals surface area contributed by atoms with E-state index in [-0.39, 0.29) is 0 Å². The fourth-order valence-electron chi connectivity index (χ4n) is 1.56. The van der Waals surface area contributed by atoms with E-state index >= 15 is 0 Å². The molecule has 0 fully saturated rings. The first-order valence-electron chi connectivity index (χ1n) is 6.16. The van der Waals surface area contributed by atoms with Gasteiger partial charge >= 0.3 is 0 Å². The van der Waals surface area contributed by atoms with Crippen LogP contribution in [0.15, 0.2) is 47.6 Å². The summed E-state index contributed by atoms with van der Waals surface area (Å²) in [5.74, 6) is 0. The molecule has 0 amide bonds. The zero-order chi connectivity index (χ0) is 12.4. The molecule has 0 aliphatic rings. The van der Waals surface area contributed by atoms with Gasteiger partial charge in [-0.15, -0.1) is 0 Å². The molecule has 0 spiro atoms. The average Bonchev–Trinajstić information content (AvgIpc) is 2.26. The minimum atomic E-state index is 1.15. The summed E-state index contributed by atoms with van der Waals surface area (Å²) in [7, 11) is 0. The highest BCUT2D eigenvalue weighted by Crippen LogP contribution is 2.17. The van der Waals surface area contributed by atoms with Crippen LogP contribution in [-0.2, 0) is 0 Å². The van der Waals surface area contributed by atoms with Gasteiger partial charge in [-0.05, 0) is 53.4 Å². The zero-order valence-electron chi connectivity index (χ0n) is 11.3. The Kier molecular flexibility index (Phi) is 8.61. The standard InChI is InChI=1S/C16H26/c1-6-8-9-11-15(4)16(5)13-12-14(3)10-7-2/h6-8,10H,2,9,11-13H2,1,3-5H3/b8-6+,14-10+,16-15+. The van der Waals surface area contributed by atoms with E-state index in [1.165, 1.54) is 24.8 Å². The van der Waals surface area contributed by atoms with Crippen molar-refractivity contribution in [1.82, 2.24) is 0 Å². The predicted molar refractivity (Wildman–Crippen MR) is 75.6 cm³/mol. The molecule has 0 aliphatic heterocycles. The molecule has 0 atom stereocenters. The van der Waals surface area contributed by atoms with E-state index in [2.05, 4.69) is 52.5 Å². The van der Waals surface area contributed by atoms with E-state index in [1.54, 1.807) is 11.1 Å². The van der Waals surface area contributed by atoms with Gasteiger partial charge in [0.1, 0.15) is 0 Å². The fourth-order valence-corrected chi connectivity index (χ4v) is 1.56. The van der Waals surface area contributed by atoms with Crippen molar-refractivity contribution in [3.8, 4) is 0 Å². The first-order valence-corrected chi connectivity index (χ1v) is 6.16. The van der Waals surface area contributed by atoms with Crippen molar-refractivity contribution in [3.63, 3.8) is 0 Å². The number of hydrogen-bond acceptors (Lipinski definition) is 0. The molecule has 90 valence electrons. The maximum absolute atomic E-state index is 3.72. The minimum absolute atomic E-state index is 1.15. The molecule has 0 nitrogen and oxygen atoms in total. The van der Waals surface area contributed by atoms with Crippen molar-refractivity contribution < 1.29 is 0 Å². The summed E-state index contributed by atoms with van der Waals surface area (Å²) in [6.07, 6.45) is 13.0. The Labute approximate surface area is 101 Å².